The molecule has 0 saturated carbocycles. The Morgan fingerprint density at radius 3 is 2.91 bits per heavy atom. The Hall–Kier alpha value is -1.31. The molecule has 1 rings (SSSR count). The molecule has 11 heavy (non-hydrogen) atoms. The zero-order valence-electron chi connectivity index (χ0n) is 7.12. The first-order valence-electron chi connectivity index (χ1n) is 4.02. The second kappa shape index (κ2) is 3.76. The number of ether oxygens (including phenoxy) is 1. The van der Waals surface area contributed by atoms with Crippen molar-refractivity contribution in [1.29, 1.82) is 0 Å². The molecular weight excluding hydrogens is 140 g/mol. The Morgan fingerprint density at radius 1 is 1.55 bits per heavy atom. The highest BCUT2D eigenvalue weighted by molar-refractivity contribution is 5.65. The molecule has 0 N–H and O–H groups in total. The third kappa shape index (κ3) is 2.85. The van der Waals surface area contributed by atoms with Gasteiger partial charge >= 0.3 is 5.97 Å². The maximum atomic E-state index is 10.6. The summed E-state index contributed by atoms with van der Waals surface area (Å²) < 4.78 is 11.5. The monoisotopic (exact) mass is 151 g/mol. The fourth-order valence-corrected chi connectivity index (χ4v) is 0.738. The number of benzene rings is 1. The molecule has 2 heteroatoms. The second-order valence-electron chi connectivity index (χ2n) is 2.15. The molecule has 0 saturated heterocycles. The van der Waals surface area contributed by atoms with Gasteiger partial charge in [0.25, 0.3) is 0 Å². The lowest BCUT2D eigenvalue weighted by atomic mass is 10.2. The fourth-order valence-electron chi connectivity index (χ4n) is 0.738. The molecule has 1 aromatic rings. The van der Waals surface area contributed by atoms with Crippen LogP contribution in [0.1, 0.15) is 13.8 Å². The summed E-state index contributed by atoms with van der Waals surface area (Å²) in [5.41, 5.74) is 0.944. The Labute approximate surface area is 67.2 Å². The highest BCUT2D eigenvalue weighted by atomic mass is 16.5. The molecule has 0 bridgehead atoms. The standard InChI is InChI=1S/C9H10O2/c1-8(10)11-7-9-5-3-2-4-6-9/h2-6H,7H2,1H3/i1D. The van der Waals surface area contributed by atoms with Gasteiger partial charge in [0, 0.05) is 8.27 Å². The lowest BCUT2D eigenvalue weighted by molar-refractivity contribution is -0.142. The maximum Gasteiger partial charge on any atom is 0.302 e. The van der Waals surface area contributed by atoms with Crippen molar-refractivity contribution in [2.75, 3.05) is 0 Å². The predicted octanol–water partition coefficient (Wildman–Crippen LogP) is 1.75. The van der Waals surface area contributed by atoms with Crippen LogP contribution in [0.15, 0.2) is 30.3 Å². The fraction of sp³-hybridized carbons (Fsp3) is 0.222. The summed E-state index contributed by atoms with van der Waals surface area (Å²) in [5.74, 6) is -0.487. The molecule has 0 spiro atoms. The number of rotatable bonds is 2. The highest BCUT2D eigenvalue weighted by Crippen LogP contribution is 1.99. The molecule has 0 aliphatic rings. The minimum atomic E-state index is -0.487. The molecule has 2 nitrogen and oxygen atoms in total. The van der Waals surface area contributed by atoms with Crippen LogP contribution in [0.4, 0.5) is 0 Å². The molecule has 0 aromatic heterocycles. The van der Waals surface area contributed by atoms with E-state index in [0.29, 0.717) is 0 Å². The first-order chi connectivity index (χ1) is 5.83. The van der Waals surface area contributed by atoms with Crippen LogP contribution < -0.4 is 0 Å². The van der Waals surface area contributed by atoms with Gasteiger partial charge in [0.05, 0.1) is 0 Å². The molecule has 0 aliphatic heterocycles. The van der Waals surface area contributed by atoms with Crippen LogP contribution in [-0.2, 0) is 16.1 Å². The summed E-state index contributed by atoms with van der Waals surface area (Å²) in [4.78, 5) is 10.6. The van der Waals surface area contributed by atoms with E-state index in [2.05, 4.69) is 0 Å². The van der Waals surface area contributed by atoms with Gasteiger partial charge in [0.15, 0.2) is 0 Å². The van der Waals surface area contributed by atoms with E-state index in [-0.39, 0.29) is 13.5 Å². The summed E-state index contributed by atoms with van der Waals surface area (Å²) >= 11 is 0. The second-order valence-corrected chi connectivity index (χ2v) is 2.15. The van der Waals surface area contributed by atoms with Crippen molar-refractivity contribution in [1.82, 2.24) is 0 Å². The predicted molar refractivity (Wildman–Crippen MR) is 41.9 cm³/mol. The van der Waals surface area contributed by atoms with Crippen molar-refractivity contribution in [3.05, 3.63) is 35.9 Å². The topological polar surface area (TPSA) is 26.3 Å². The zero-order valence-corrected chi connectivity index (χ0v) is 6.12. The smallest absolute Gasteiger partial charge is 0.302 e. The van der Waals surface area contributed by atoms with Gasteiger partial charge < -0.3 is 4.74 Å². The number of carbonyl (C=O) groups is 1. The van der Waals surface area contributed by atoms with E-state index in [1.807, 2.05) is 30.3 Å². The molecule has 0 amide bonds. The Bertz CT molecular complexity index is 246. The quantitative estimate of drug-likeness (QED) is 0.602. The number of carbonyl (C=O) groups excluding carboxylic acids is 1. The van der Waals surface area contributed by atoms with Crippen molar-refractivity contribution in [3.8, 4) is 0 Å². The summed E-state index contributed by atoms with van der Waals surface area (Å²) in [7, 11) is 0. The van der Waals surface area contributed by atoms with Gasteiger partial charge in [-0.1, -0.05) is 30.3 Å². The summed E-state index contributed by atoms with van der Waals surface area (Å²) in [6, 6.07) is 9.40. The lowest BCUT2D eigenvalue weighted by Crippen LogP contribution is -1.97. The van der Waals surface area contributed by atoms with E-state index in [9.17, 15) is 4.79 Å². The van der Waals surface area contributed by atoms with Crippen molar-refractivity contribution < 1.29 is 10.9 Å². The average molecular weight is 151 g/mol. The van der Waals surface area contributed by atoms with E-state index >= 15 is 0 Å². The number of hydrogen-bond donors (Lipinski definition) is 0. The third-order valence-corrected chi connectivity index (χ3v) is 1.24. The Kier molecular flexibility index (Phi) is 2.19. The van der Waals surface area contributed by atoms with Crippen LogP contribution in [0.25, 0.3) is 0 Å². The minimum absolute atomic E-state index is 0.262. The highest BCUT2D eigenvalue weighted by Gasteiger charge is 1.93. The van der Waals surface area contributed by atoms with Crippen LogP contribution in [0, 0.1) is 0 Å². The van der Waals surface area contributed by atoms with E-state index < -0.39 is 5.97 Å². The SMILES string of the molecule is [2H]CC(=O)OCc1ccccc1. The lowest BCUT2D eigenvalue weighted by Gasteiger charge is -1.99. The van der Waals surface area contributed by atoms with Crippen LogP contribution in [-0.4, -0.2) is 5.97 Å². The van der Waals surface area contributed by atoms with Gasteiger partial charge in [-0.3, -0.25) is 4.79 Å². The van der Waals surface area contributed by atoms with Crippen LogP contribution in [0.5, 0.6) is 0 Å². The van der Waals surface area contributed by atoms with Crippen molar-refractivity contribution in [3.63, 3.8) is 0 Å². The zero-order chi connectivity index (χ0) is 8.81. The van der Waals surface area contributed by atoms with Crippen molar-refractivity contribution >= 4 is 5.97 Å². The molecular formula is C9H10O2. The van der Waals surface area contributed by atoms with Crippen molar-refractivity contribution in [2.24, 2.45) is 0 Å². The van der Waals surface area contributed by atoms with Crippen LogP contribution in [0.2, 0.25) is 0 Å². The first-order valence-corrected chi connectivity index (χ1v) is 3.31. The summed E-state index contributed by atoms with van der Waals surface area (Å²) in [6.45, 7) is -0.0502. The molecule has 0 heterocycles. The van der Waals surface area contributed by atoms with Gasteiger partial charge in [0.1, 0.15) is 6.61 Å². The number of hydrogen-bond acceptors (Lipinski definition) is 2. The summed E-state index contributed by atoms with van der Waals surface area (Å²) in [6.07, 6.45) is 0. The molecule has 0 atom stereocenters. The largest absolute Gasteiger partial charge is 0.461 e. The molecule has 0 fully saturated rings. The minimum Gasteiger partial charge on any atom is -0.461 e. The van der Waals surface area contributed by atoms with E-state index in [0.717, 1.165) is 5.56 Å². The number of esters is 1. The summed E-state index contributed by atoms with van der Waals surface area (Å²) in [5, 5.41) is 0. The van der Waals surface area contributed by atoms with E-state index in [1.165, 1.54) is 0 Å². The molecule has 0 unspecified atom stereocenters. The average Bonchev–Trinajstić information content (AvgIpc) is 2.16. The van der Waals surface area contributed by atoms with E-state index in [4.69, 9.17) is 6.11 Å². The molecule has 0 radical (unpaired) electrons. The Balaban J connectivity index is 2.38. The maximum absolute atomic E-state index is 10.6. The molecule has 1 aromatic carbocycles. The van der Waals surface area contributed by atoms with Gasteiger partial charge in [-0.25, -0.2) is 0 Å². The van der Waals surface area contributed by atoms with E-state index in [1.54, 1.807) is 0 Å². The Morgan fingerprint density at radius 2 is 2.27 bits per heavy atom. The van der Waals surface area contributed by atoms with Crippen LogP contribution >= 0.6 is 0 Å². The first kappa shape index (κ1) is 6.40. The van der Waals surface area contributed by atoms with Gasteiger partial charge in [-0.2, -0.15) is 0 Å². The van der Waals surface area contributed by atoms with Crippen molar-refractivity contribution in [2.45, 2.75) is 13.5 Å². The van der Waals surface area contributed by atoms with Gasteiger partial charge in [0.2, 0.25) is 0 Å². The molecule has 58 valence electrons. The third-order valence-electron chi connectivity index (χ3n) is 1.24. The van der Waals surface area contributed by atoms with Gasteiger partial charge in [-0.15, -0.1) is 0 Å². The normalized spacial score (nSPS) is 10.4. The molecule has 0 aliphatic carbocycles. The van der Waals surface area contributed by atoms with Gasteiger partial charge in [-0.05, 0) is 5.56 Å². The van der Waals surface area contributed by atoms with Crippen LogP contribution in [0.3, 0.4) is 0 Å².